The Morgan fingerprint density at radius 1 is 1.58 bits per heavy atom. The third-order valence-electron chi connectivity index (χ3n) is 3.74. The van der Waals surface area contributed by atoms with Crippen molar-refractivity contribution in [3.8, 4) is 0 Å². The van der Waals surface area contributed by atoms with Crippen LogP contribution in [-0.2, 0) is 17.6 Å². The van der Waals surface area contributed by atoms with Crippen molar-refractivity contribution in [3.05, 3.63) is 35.1 Å². The van der Waals surface area contributed by atoms with Crippen molar-refractivity contribution in [1.82, 2.24) is 5.32 Å². The van der Waals surface area contributed by atoms with Crippen molar-refractivity contribution in [1.29, 1.82) is 0 Å². The van der Waals surface area contributed by atoms with E-state index in [1.54, 1.807) is 6.07 Å². The van der Waals surface area contributed by atoms with Crippen LogP contribution in [0.15, 0.2) is 18.2 Å². The second kappa shape index (κ2) is 6.15. The first-order chi connectivity index (χ1) is 9.11. The van der Waals surface area contributed by atoms with Gasteiger partial charge >= 0.3 is 5.97 Å². The number of carbonyl (C=O) groups is 1. The van der Waals surface area contributed by atoms with Gasteiger partial charge in [0, 0.05) is 6.04 Å². The Morgan fingerprint density at radius 2 is 2.37 bits per heavy atom. The van der Waals surface area contributed by atoms with Gasteiger partial charge in [-0.05, 0) is 42.9 Å². The van der Waals surface area contributed by atoms with Gasteiger partial charge in [-0.2, -0.15) is 0 Å². The fourth-order valence-corrected chi connectivity index (χ4v) is 2.74. The van der Waals surface area contributed by atoms with E-state index in [0.717, 1.165) is 30.4 Å². The Bertz CT molecular complexity index is 461. The first kappa shape index (κ1) is 14.0. The minimum atomic E-state index is -0.818. The van der Waals surface area contributed by atoms with Gasteiger partial charge < -0.3 is 10.4 Å². The lowest BCUT2D eigenvalue weighted by Gasteiger charge is -2.28. The van der Waals surface area contributed by atoms with Gasteiger partial charge in [0.1, 0.15) is 11.9 Å². The fourth-order valence-electron chi connectivity index (χ4n) is 2.74. The summed E-state index contributed by atoms with van der Waals surface area (Å²) < 4.78 is 13.7. The van der Waals surface area contributed by atoms with Crippen LogP contribution in [0.4, 0.5) is 4.39 Å². The second-order valence-corrected chi connectivity index (χ2v) is 5.16. The highest BCUT2D eigenvalue weighted by atomic mass is 19.1. The first-order valence-electron chi connectivity index (χ1n) is 6.87. The molecular formula is C15H20FNO2. The van der Waals surface area contributed by atoms with E-state index in [1.807, 2.05) is 13.0 Å². The van der Waals surface area contributed by atoms with Crippen LogP contribution in [0.1, 0.15) is 37.3 Å². The number of aliphatic carboxylic acids is 1. The molecule has 0 saturated carbocycles. The van der Waals surface area contributed by atoms with Gasteiger partial charge in [0.2, 0.25) is 0 Å². The van der Waals surface area contributed by atoms with E-state index in [2.05, 4.69) is 5.32 Å². The molecule has 0 fully saturated rings. The maximum absolute atomic E-state index is 13.7. The minimum absolute atomic E-state index is 0.0528. The first-order valence-corrected chi connectivity index (χ1v) is 6.87. The molecule has 0 aromatic heterocycles. The van der Waals surface area contributed by atoms with E-state index in [9.17, 15) is 9.18 Å². The monoisotopic (exact) mass is 265 g/mol. The van der Waals surface area contributed by atoms with Crippen LogP contribution in [0.2, 0.25) is 0 Å². The smallest absolute Gasteiger partial charge is 0.320 e. The molecular weight excluding hydrogens is 245 g/mol. The lowest BCUT2D eigenvalue weighted by atomic mass is 9.87. The Kier molecular flexibility index (Phi) is 4.53. The Morgan fingerprint density at radius 3 is 3.05 bits per heavy atom. The van der Waals surface area contributed by atoms with Crippen LogP contribution in [0.25, 0.3) is 0 Å². The van der Waals surface area contributed by atoms with Gasteiger partial charge in [0.05, 0.1) is 0 Å². The van der Waals surface area contributed by atoms with Crippen LogP contribution >= 0.6 is 0 Å². The third kappa shape index (κ3) is 3.32. The van der Waals surface area contributed by atoms with Crippen molar-refractivity contribution in [2.24, 2.45) is 0 Å². The summed E-state index contributed by atoms with van der Waals surface area (Å²) in [4.78, 5) is 11.1. The second-order valence-electron chi connectivity index (χ2n) is 5.16. The molecule has 4 heteroatoms. The average Bonchev–Trinajstić information content (AvgIpc) is 2.39. The van der Waals surface area contributed by atoms with Gasteiger partial charge in [-0.15, -0.1) is 0 Å². The average molecular weight is 265 g/mol. The largest absolute Gasteiger partial charge is 0.480 e. The zero-order valence-corrected chi connectivity index (χ0v) is 11.2. The van der Waals surface area contributed by atoms with Crippen LogP contribution in [-0.4, -0.2) is 23.2 Å². The summed E-state index contributed by atoms with van der Waals surface area (Å²) in [6.45, 7) is 1.97. The SMILES string of the molecule is CCCC(N[C@H]1CCc2cccc(F)c2C1)C(=O)O. The Hall–Kier alpha value is -1.42. The molecule has 0 radical (unpaired) electrons. The van der Waals surface area contributed by atoms with Gasteiger partial charge in [-0.3, -0.25) is 4.79 Å². The number of aryl methyl sites for hydroxylation is 1. The van der Waals surface area contributed by atoms with E-state index in [-0.39, 0.29) is 11.9 Å². The molecule has 0 aliphatic heterocycles. The van der Waals surface area contributed by atoms with Gasteiger partial charge in [-0.25, -0.2) is 4.39 Å². The summed E-state index contributed by atoms with van der Waals surface area (Å²) in [5.41, 5.74) is 1.80. The highest BCUT2D eigenvalue weighted by Gasteiger charge is 2.25. The summed E-state index contributed by atoms with van der Waals surface area (Å²) in [7, 11) is 0. The van der Waals surface area contributed by atoms with E-state index in [0.29, 0.717) is 12.8 Å². The molecule has 1 aromatic carbocycles. The number of carboxylic acid groups (broad SMARTS) is 1. The van der Waals surface area contributed by atoms with Gasteiger partial charge in [0.25, 0.3) is 0 Å². The molecule has 0 heterocycles. The minimum Gasteiger partial charge on any atom is -0.480 e. The number of hydrogen-bond donors (Lipinski definition) is 2. The Balaban J connectivity index is 2.05. The Labute approximate surface area is 112 Å². The predicted octanol–water partition coefficient (Wildman–Crippen LogP) is 2.53. The van der Waals surface area contributed by atoms with E-state index >= 15 is 0 Å². The van der Waals surface area contributed by atoms with Crippen molar-refractivity contribution in [3.63, 3.8) is 0 Å². The molecule has 0 bridgehead atoms. The summed E-state index contributed by atoms with van der Waals surface area (Å²) in [6.07, 6.45) is 3.68. The molecule has 0 spiro atoms. The van der Waals surface area contributed by atoms with E-state index in [4.69, 9.17) is 5.11 Å². The quantitative estimate of drug-likeness (QED) is 0.860. The molecule has 1 aliphatic rings. The number of fused-ring (bicyclic) bond motifs is 1. The lowest BCUT2D eigenvalue weighted by Crippen LogP contribution is -2.45. The molecule has 2 atom stereocenters. The summed E-state index contributed by atoms with van der Waals surface area (Å²) in [6, 6.07) is 4.69. The summed E-state index contributed by atoms with van der Waals surface area (Å²) >= 11 is 0. The van der Waals surface area contributed by atoms with Crippen molar-refractivity contribution >= 4 is 5.97 Å². The molecule has 104 valence electrons. The van der Waals surface area contributed by atoms with Crippen LogP contribution in [0.5, 0.6) is 0 Å². The molecule has 19 heavy (non-hydrogen) atoms. The van der Waals surface area contributed by atoms with Crippen molar-refractivity contribution in [2.45, 2.75) is 51.1 Å². The highest BCUT2D eigenvalue weighted by molar-refractivity contribution is 5.73. The highest BCUT2D eigenvalue weighted by Crippen LogP contribution is 2.24. The topological polar surface area (TPSA) is 49.3 Å². The van der Waals surface area contributed by atoms with Crippen LogP contribution in [0, 0.1) is 5.82 Å². The van der Waals surface area contributed by atoms with E-state index < -0.39 is 12.0 Å². The molecule has 1 aromatic rings. The number of halogens is 1. The molecule has 1 unspecified atom stereocenters. The number of carboxylic acids is 1. The number of rotatable bonds is 5. The molecule has 3 nitrogen and oxygen atoms in total. The maximum atomic E-state index is 13.7. The van der Waals surface area contributed by atoms with Crippen LogP contribution in [0.3, 0.4) is 0 Å². The lowest BCUT2D eigenvalue weighted by molar-refractivity contribution is -0.139. The van der Waals surface area contributed by atoms with Gasteiger partial charge in [-0.1, -0.05) is 25.5 Å². The summed E-state index contributed by atoms with van der Waals surface area (Å²) in [5, 5.41) is 12.3. The van der Waals surface area contributed by atoms with Crippen LogP contribution < -0.4 is 5.32 Å². The zero-order chi connectivity index (χ0) is 13.8. The normalized spacial score (nSPS) is 19.8. The van der Waals surface area contributed by atoms with Crippen molar-refractivity contribution < 1.29 is 14.3 Å². The standard InChI is InChI=1S/C15H20FNO2/c1-2-4-14(15(18)19)17-11-8-7-10-5-3-6-13(16)12(10)9-11/h3,5-6,11,14,17H,2,4,7-9H2,1H3,(H,18,19)/t11-,14?/m0/s1. The summed E-state index contributed by atoms with van der Waals surface area (Å²) in [5.74, 6) is -0.993. The number of nitrogens with one attached hydrogen (secondary N) is 1. The van der Waals surface area contributed by atoms with E-state index in [1.165, 1.54) is 6.07 Å². The fraction of sp³-hybridized carbons (Fsp3) is 0.533. The predicted molar refractivity (Wildman–Crippen MR) is 71.7 cm³/mol. The molecule has 2 rings (SSSR count). The van der Waals surface area contributed by atoms with Gasteiger partial charge in [0.15, 0.2) is 0 Å². The molecule has 1 aliphatic carbocycles. The zero-order valence-electron chi connectivity index (χ0n) is 11.2. The third-order valence-corrected chi connectivity index (χ3v) is 3.74. The maximum Gasteiger partial charge on any atom is 0.320 e. The molecule has 0 saturated heterocycles. The molecule has 0 amide bonds. The van der Waals surface area contributed by atoms with Crippen molar-refractivity contribution in [2.75, 3.05) is 0 Å². The number of hydrogen-bond acceptors (Lipinski definition) is 2. The number of benzene rings is 1. The molecule has 2 N–H and O–H groups in total.